The highest BCUT2D eigenvalue weighted by Gasteiger charge is 2.18. The minimum atomic E-state index is -0.505. The number of oxazole rings is 1. The number of nitrogens with one attached hydrogen (secondary N) is 1. The van der Waals surface area contributed by atoms with Crippen LogP contribution in [0.3, 0.4) is 0 Å². The molecular weight excluding hydrogens is 379 g/mol. The lowest BCUT2D eigenvalue weighted by Gasteiger charge is -2.09. The van der Waals surface area contributed by atoms with Gasteiger partial charge in [0.1, 0.15) is 5.82 Å². The van der Waals surface area contributed by atoms with Gasteiger partial charge in [0.15, 0.2) is 5.76 Å². The average molecular weight is 393 g/mol. The molecule has 28 heavy (non-hydrogen) atoms. The maximum Gasteiger partial charge on any atom is 0.256 e. The summed E-state index contributed by atoms with van der Waals surface area (Å²) in [7, 11) is 0. The molecule has 4 aromatic rings. The molecule has 1 amide bonds. The minimum Gasteiger partial charge on any atom is -0.436 e. The fraction of sp³-hybridized carbons (Fsp3) is 0. The zero-order chi connectivity index (χ0) is 19.5. The van der Waals surface area contributed by atoms with Gasteiger partial charge in [0.25, 0.3) is 5.91 Å². The van der Waals surface area contributed by atoms with Gasteiger partial charge in [0.05, 0.1) is 17.4 Å². The molecule has 6 heteroatoms. The first-order valence-electron chi connectivity index (χ1n) is 8.49. The molecule has 0 aliphatic heterocycles. The van der Waals surface area contributed by atoms with Crippen molar-refractivity contribution in [1.82, 2.24) is 4.98 Å². The Morgan fingerprint density at radius 2 is 1.68 bits per heavy atom. The van der Waals surface area contributed by atoms with Crippen LogP contribution in [0.2, 0.25) is 5.02 Å². The molecule has 0 saturated carbocycles. The van der Waals surface area contributed by atoms with Gasteiger partial charge in [-0.15, -0.1) is 0 Å². The van der Waals surface area contributed by atoms with Crippen molar-refractivity contribution in [3.05, 3.63) is 95.4 Å². The number of hydrogen-bond donors (Lipinski definition) is 1. The molecule has 1 aromatic heterocycles. The number of amides is 1. The summed E-state index contributed by atoms with van der Waals surface area (Å²) in [5.41, 5.74) is 1.76. The van der Waals surface area contributed by atoms with Crippen LogP contribution >= 0.6 is 11.6 Å². The molecular formula is C22H14ClFN2O2. The van der Waals surface area contributed by atoms with Crippen molar-refractivity contribution >= 4 is 23.2 Å². The molecule has 0 fully saturated rings. The van der Waals surface area contributed by atoms with Crippen LogP contribution < -0.4 is 5.32 Å². The Kier molecular flexibility index (Phi) is 4.91. The summed E-state index contributed by atoms with van der Waals surface area (Å²) in [6.07, 6.45) is 1.59. The monoisotopic (exact) mass is 392 g/mol. The van der Waals surface area contributed by atoms with Gasteiger partial charge in [0, 0.05) is 16.1 Å². The lowest BCUT2D eigenvalue weighted by molar-refractivity contribution is 0.102. The number of hydrogen-bond acceptors (Lipinski definition) is 3. The molecule has 1 N–H and O–H groups in total. The molecule has 0 aliphatic rings. The van der Waals surface area contributed by atoms with Crippen molar-refractivity contribution in [2.75, 3.05) is 5.32 Å². The van der Waals surface area contributed by atoms with Crippen molar-refractivity contribution in [2.24, 2.45) is 0 Å². The Hall–Kier alpha value is -3.44. The second-order valence-corrected chi connectivity index (χ2v) is 6.45. The van der Waals surface area contributed by atoms with E-state index in [9.17, 15) is 9.18 Å². The molecule has 4 rings (SSSR count). The van der Waals surface area contributed by atoms with E-state index >= 15 is 0 Å². The zero-order valence-electron chi connectivity index (χ0n) is 14.5. The first-order chi connectivity index (χ1) is 13.6. The van der Waals surface area contributed by atoms with Crippen molar-refractivity contribution < 1.29 is 13.6 Å². The van der Waals surface area contributed by atoms with E-state index in [1.165, 1.54) is 12.1 Å². The summed E-state index contributed by atoms with van der Waals surface area (Å²) in [5, 5.41) is 3.21. The number of aromatic nitrogens is 1. The Balaban J connectivity index is 1.66. The number of nitrogens with zero attached hydrogens (tertiary/aromatic N) is 1. The van der Waals surface area contributed by atoms with Crippen molar-refractivity contribution in [2.45, 2.75) is 0 Å². The van der Waals surface area contributed by atoms with Crippen molar-refractivity contribution in [3.63, 3.8) is 0 Å². The highest BCUT2D eigenvalue weighted by atomic mass is 35.5. The van der Waals surface area contributed by atoms with Crippen LogP contribution in [0.5, 0.6) is 0 Å². The second kappa shape index (κ2) is 7.66. The number of rotatable bonds is 4. The molecule has 0 spiro atoms. The summed E-state index contributed by atoms with van der Waals surface area (Å²) in [4.78, 5) is 17.0. The van der Waals surface area contributed by atoms with Crippen LogP contribution in [-0.2, 0) is 0 Å². The van der Waals surface area contributed by atoms with Crippen molar-refractivity contribution in [1.29, 1.82) is 0 Å². The van der Waals surface area contributed by atoms with E-state index in [0.717, 1.165) is 5.56 Å². The summed E-state index contributed by atoms with van der Waals surface area (Å²) in [6.45, 7) is 0. The third-order valence-corrected chi connectivity index (χ3v) is 4.41. The highest BCUT2D eigenvalue weighted by molar-refractivity contribution is 6.30. The number of anilines is 1. The predicted octanol–water partition coefficient (Wildman–Crippen LogP) is 6.05. The second-order valence-electron chi connectivity index (χ2n) is 6.02. The maximum atomic E-state index is 13.9. The third kappa shape index (κ3) is 3.66. The van der Waals surface area contributed by atoms with E-state index in [-0.39, 0.29) is 5.69 Å². The first-order valence-corrected chi connectivity index (χ1v) is 8.86. The van der Waals surface area contributed by atoms with E-state index in [4.69, 9.17) is 16.0 Å². The van der Waals surface area contributed by atoms with Gasteiger partial charge in [-0.3, -0.25) is 4.79 Å². The quantitative estimate of drug-likeness (QED) is 0.459. The number of para-hydroxylation sites is 1. The smallest absolute Gasteiger partial charge is 0.256 e. The zero-order valence-corrected chi connectivity index (χ0v) is 15.3. The summed E-state index contributed by atoms with van der Waals surface area (Å²) < 4.78 is 19.7. The predicted molar refractivity (Wildman–Crippen MR) is 107 cm³/mol. The van der Waals surface area contributed by atoms with Crippen molar-refractivity contribution in [3.8, 4) is 22.8 Å². The summed E-state index contributed by atoms with van der Waals surface area (Å²) in [5.74, 6) is -0.110. The molecule has 0 saturated heterocycles. The van der Waals surface area contributed by atoms with E-state index in [1.54, 1.807) is 54.7 Å². The van der Waals surface area contributed by atoms with Gasteiger partial charge >= 0.3 is 0 Å². The van der Waals surface area contributed by atoms with E-state index in [2.05, 4.69) is 10.3 Å². The highest BCUT2D eigenvalue weighted by Crippen LogP contribution is 2.29. The number of benzene rings is 3. The molecule has 0 atom stereocenters. The van der Waals surface area contributed by atoms with Crippen LogP contribution in [0, 0.1) is 5.82 Å². The first kappa shape index (κ1) is 17.9. The fourth-order valence-electron chi connectivity index (χ4n) is 2.77. The minimum absolute atomic E-state index is 0.108. The molecule has 0 radical (unpaired) electrons. The lowest BCUT2D eigenvalue weighted by Crippen LogP contribution is -2.14. The molecule has 0 unspecified atom stereocenters. The maximum absolute atomic E-state index is 13.9. The Morgan fingerprint density at radius 3 is 2.46 bits per heavy atom. The van der Waals surface area contributed by atoms with Crippen LogP contribution in [-0.4, -0.2) is 10.9 Å². The normalized spacial score (nSPS) is 10.6. The molecule has 1 heterocycles. The standard InChI is InChI=1S/C22H14ClFN2O2/c23-15-11-9-14(10-12-15)20-13-25-22(28-20)17-6-2-1-5-16(17)21(27)26-19-8-4-3-7-18(19)24/h1-13H,(H,26,27). The number of carbonyl (C=O) groups is 1. The Labute approximate surface area is 165 Å². The van der Waals surface area contributed by atoms with Gasteiger partial charge < -0.3 is 9.73 Å². The number of carbonyl (C=O) groups excluding carboxylic acids is 1. The van der Waals surface area contributed by atoms with E-state index < -0.39 is 11.7 Å². The molecule has 3 aromatic carbocycles. The van der Waals surface area contributed by atoms with Crippen LogP contribution in [0.4, 0.5) is 10.1 Å². The average Bonchev–Trinajstić information content (AvgIpc) is 3.20. The molecule has 0 aliphatic carbocycles. The largest absolute Gasteiger partial charge is 0.436 e. The van der Waals surface area contributed by atoms with Gasteiger partial charge in [-0.05, 0) is 48.5 Å². The van der Waals surface area contributed by atoms with Gasteiger partial charge in [0.2, 0.25) is 5.89 Å². The van der Waals surface area contributed by atoms with Crippen LogP contribution in [0.25, 0.3) is 22.8 Å². The summed E-state index contributed by atoms with van der Waals surface area (Å²) in [6, 6.07) is 20.0. The Bertz CT molecular complexity index is 1140. The van der Waals surface area contributed by atoms with E-state index in [1.807, 2.05) is 12.1 Å². The number of halogens is 2. The lowest BCUT2D eigenvalue weighted by atomic mass is 10.1. The van der Waals surface area contributed by atoms with E-state index in [0.29, 0.717) is 27.8 Å². The third-order valence-electron chi connectivity index (χ3n) is 4.16. The van der Waals surface area contributed by atoms with Gasteiger partial charge in [-0.1, -0.05) is 35.9 Å². The molecule has 4 nitrogen and oxygen atoms in total. The van der Waals surface area contributed by atoms with Gasteiger partial charge in [-0.2, -0.15) is 0 Å². The molecule has 0 bridgehead atoms. The molecule has 138 valence electrons. The SMILES string of the molecule is O=C(Nc1ccccc1F)c1ccccc1-c1ncc(-c2ccc(Cl)cc2)o1. The van der Waals surface area contributed by atoms with Crippen LogP contribution in [0.1, 0.15) is 10.4 Å². The van der Waals surface area contributed by atoms with Gasteiger partial charge in [-0.25, -0.2) is 9.37 Å². The Morgan fingerprint density at radius 1 is 0.964 bits per heavy atom. The summed E-state index contributed by atoms with van der Waals surface area (Å²) >= 11 is 5.92. The fourth-order valence-corrected chi connectivity index (χ4v) is 2.89. The topological polar surface area (TPSA) is 55.1 Å². The van der Waals surface area contributed by atoms with Crippen LogP contribution in [0.15, 0.2) is 83.4 Å².